The van der Waals surface area contributed by atoms with Gasteiger partial charge in [0.1, 0.15) is 5.69 Å². The van der Waals surface area contributed by atoms with Gasteiger partial charge in [0.05, 0.1) is 0 Å². The van der Waals surface area contributed by atoms with E-state index in [2.05, 4.69) is 52.1 Å². The molecule has 0 bridgehead atoms. The van der Waals surface area contributed by atoms with Gasteiger partial charge in [0, 0.05) is 44.6 Å². The first kappa shape index (κ1) is 18.4. The summed E-state index contributed by atoms with van der Waals surface area (Å²) in [6.07, 6.45) is 2.60. The van der Waals surface area contributed by atoms with Crippen LogP contribution in [0.3, 0.4) is 0 Å². The van der Waals surface area contributed by atoms with Gasteiger partial charge < -0.3 is 10.2 Å². The van der Waals surface area contributed by atoms with Gasteiger partial charge in [-0.15, -0.1) is 0 Å². The number of hydrogen-bond donors (Lipinski definition) is 1. The molecule has 5 nitrogen and oxygen atoms in total. The molecule has 5 heteroatoms. The fourth-order valence-corrected chi connectivity index (χ4v) is 3.38. The average Bonchev–Trinajstić information content (AvgIpc) is 2.68. The number of nitrogens with one attached hydrogen (secondary N) is 1. The Balaban J connectivity index is 1.38. The Hall–Kier alpha value is -2.40. The normalized spacial score (nSPS) is 15.1. The molecule has 0 atom stereocenters. The van der Waals surface area contributed by atoms with Gasteiger partial charge in [0.2, 0.25) is 0 Å². The highest BCUT2D eigenvalue weighted by Crippen LogP contribution is 2.23. The van der Waals surface area contributed by atoms with E-state index < -0.39 is 0 Å². The molecule has 0 radical (unpaired) electrons. The van der Waals surface area contributed by atoms with Gasteiger partial charge in [-0.05, 0) is 56.1 Å². The molecular formula is C21H28N4O. The van der Waals surface area contributed by atoms with Gasteiger partial charge in [0.15, 0.2) is 0 Å². The minimum Gasteiger partial charge on any atom is -0.369 e. The summed E-state index contributed by atoms with van der Waals surface area (Å²) in [5.74, 6) is -0.0923. The summed E-state index contributed by atoms with van der Waals surface area (Å²) in [4.78, 5) is 21.0. The summed E-state index contributed by atoms with van der Waals surface area (Å²) in [7, 11) is 0. The summed E-state index contributed by atoms with van der Waals surface area (Å²) in [6, 6.07) is 11.9. The number of rotatable bonds is 6. The fraction of sp³-hybridized carbons (Fsp3) is 0.429. The van der Waals surface area contributed by atoms with Crippen molar-refractivity contribution in [3.63, 3.8) is 0 Å². The molecule has 2 aromatic rings. The van der Waals surface area contributed by atoms with Crippen molar-refractivity contribution in [3.8, 4) is 0 Å². The maximum Gasteiger partial charge on any atom is 0.269 e. The van der Waals surface area contributed by atoms with Crippen LogP contribution in [0, 0.1) is 13.8 Å². The Labute approximate surface area is 156 Å². The van der Waals surface area contributed by atoms with Crippen LogP contribution in [0.25, 0.3) is 0 Å². The van der Waals surface area contributed by atoms with Crippen molar-refractivity contribution < 1.29 is 4.79 Å². The second-order valence-electron chi connectivity index (χ2n) is 6.87. The molecule has 1 aliphatic heterocycles. The van der Waals surface area contributed by atoms with Crippen molar-refractivity contribution in [3.05, 3.63) is 59.4 Å². The predicted molar refractivity (Wildman–Crippen MR) is 106 cm³/mol. The number of carbonyl (C=O) groups is 1. The number of benzene rings is 1. The van der Waals surface area contributed by atoms with Crippen molar-refractivity contribution in [2.24, 2.45) is 0 Å². The first-order chi connectivity index (χ1) is 12.6. The Bertz CT molecular complexity index is 724. The van der Waals surface area contributed by atoms with Crippen LogP contribution >= 0.6 is 0 Å². The maximum absolute atomic E-state index is 12.0. The zero-order chi connectivity index (χ0) is 18.4. The van der Waals surface area contributed by atoms with E-state index in [4.69, 9.17) is 0 Å². The minimum absolute atomic E-state index is 0.0923. The number of piperazine rings is 1. The molecule has 1 fully saturated rings. The van der Waals surface area contributed by atoms with E-state index in [0.29, 0.717) is 12.2 Å². The Kier molecular flexibility index (Phi) is 6.23. The molecule has 0 saturated carbocycles. The van der Waals surface area contributed by atoms with Crippen LogP contribution in [0.15, 0.2) is 42.6 Å². The van der Waals surface area contributed by atoms with Gasteiger partial charge in [-0.3, -0.25) is 14.7 Å². The second-order valence-corrected chi connectivity index (χ2v) is 6.87. The van der Waals surface area contributed by atoms with Crippen molar-refractivity contribution in [1.29, 1.82) is 0 Å². The number of anilines is 1. The third-order valence-electron chi connectivity index (χ3n) is 5.12. The number of amides is 1. The van der Waals surface area contributed by atoms with Gasteiger partial charge in [-0.1, -0.05) is 18.2 Å². The van der Waals surface area contributed by atoms with Crippen LogP contribution in [-0.4, -0.2) is 55.1 Å². The van der Waals surface area contributed by atoms with Gasteiger partial charge in [-0.2, -0.15) is 0 Å². The fourth-order valence-electron chi connectivity index (χ4n) is 3.38. The third kappa shape index (κ3) is 4.61. The lowest BCUT2D eigenvalue weighted by molar-refractivity contribution is 0.0946. The zero-order valence-electron chi connectivity index (χ0n) is 15.7. The van der Waals surface area contributed by atoms with Gasteiger partial charge >= 0.3 is 0 Å². The quantitative estimate of drug-likeness (QED) is 0.812. The molecule has 138 valence electrons. The summed E-state index contributed by atoms with van der Waals surface area (Å²) in [5.41, 5.74) is 4.59. The first-order valence-corrected chi connectivity index (χ1v) is 9.38. The highest BCUT2D eigenvalue weighted by Gasteiger charge is 2.18. The molecule has 1 aromatic carbocycles. The summed E-state index contributed by atoms with van der Waals surface area (Å²) in [6.45, 7) is 10.4. The smallest absolute Gasteiger partial charge is 0.269 e. The zero-order valence-corrected chi connectivity index (χ0v) is 15.7. The van der Waals surface area contributed by atoms with E-state index in [1.54, 1.807) is 12.3 Å². The standard InChI is InChI=1S/C21H28N4O/c1-17-7-5-9-20(18(17)2)25-15-13-24(14-16-25)12-6-11-23-21(26)19-8-3-4-10-22-19/h3-5,7-10H,6,11-16H2,1-2H3,(H,23,26). The predicted octanol–water partition coefficient (Wildman–Crippen LogP) is 2.64. The molecule has 1 amide bonds. The molecule has 0 aliphatic carbocycles. The lowest BCUT2D eigenvalue weighted by Crippen LogP contribution is -2.47. The molecule has 0 spiro atoms. The van der Waals surface area contributed by atoms with Gasteiger partial charge in [0.25, 0.3) is 5.91 Å². The number of pyridine rings is 1. The molecular weight excluding hydrogens is 324 g/mol. The number of nitrogens with zero attached hydrogens (tertiary/aromatic N) is 3. The number of aryl methyl sites for hydroxylation is 1. The molecule has 3 rings (SSSR count). The Morgan fingerprint density at radius 3 is 2.62 bits per heavy atom. The van der Waals surface area contributed by atoms with E-state index in [1.807, 2.05) is 12.1 Å². The molecule has 1 saturated heterocycles. The highest BCUT2D eigenvalue weighted by atomic mass is 16.1. The molecule has 26 heavy (non-hydrogen) atoms. The van der Waals surface area contributed by atoms with Crippen molar-refractivity contribution in [2.75, 3.05) is 44.2 Å². The highest BCUT2D eigenvalue weighted by molar-refractivity contribution is 5.92. The molecule has 2 heterocycles. The number of hydrogen-bond acceptors (Lipinski definition) is 4. The molecule has 1 N–H and O–H groups in total. The van der Waals surface area contributed by atoms with E-state index in [-0.39, 0.29) is 5.91 Å². The Morgan fingerprint density at radius 1 is 1.08 bits per heavy atom. The summed E-state index contributed by atoms with van der Waals surface area (Å²) in [5, 5.41) is 2.95. The topological polar surface area (TPSA) is 48.5 Å². The number of carbonyl (C=O) groups excluding carboxylic acids is 1. The van der Waals surface area contributed by atoms with Crippen LogP contribution in [0.4, 0.5) is 5.69 Å². The molecule has 1 aromatic heterocycles. The molecule has 0 unspecified atom stereocenters. The third-order valence-corrected chi connectivity index (χ3v) is 5.12. The summed E-state index contributed by atoms with van der Waals surface area (Å²) < 4.78 is 0. The molecule has 1 aliphatic rings. The van der Waals surface area contributed by atoms with Crippen molar-refractivity contribution in [2.45, 2.75) is 20.3 Å². The maximum atomic E-state index is 12.0. The SMILES string of the molecule is Cc1cccc(N2CCN(CCCNC(=O)c3ccccn3)CC2)c1C. The van der Waals surface area contributed by atoms with Crippen LogP contribution in [-0.2, 0) is 0 Å². The summed E-state index contributed by atoms with van der Waals surface area (Å²) >= 11 is 0. The van der Waals surface area contributed by atoms with Crippen molar-refractivity contribution >= 4 is 11.6 Å². The number of aromatic nitrogens is 1. The van der Waals surface area contributed by atoms with E-state index in [1.165, 1.54) is 16.8 Å². The lowest BCUT2D eigenvalue weighted by atomic mass is 10.1. The van der Waals surface area contributed by atoms with Crippen molar-refractivity contribution in [1.82, 2.24) is 15.2 Å². The largest absolute Gasteiger partial charge is 0.369 e. The second kappa shape index (κ2) is 8.81. The minimum atomic E-state index is -0.0923. The van der Waals surface area contributed by atoms with Crippen LogP contribution in [0.2, 0.25) is 0 Å². The van der Waals surface area contributed by atoms with E-state index >= 15 is 0 Å². The van der Waals surface area contributed by atoms with E-state index in [9.17, 15) is 4.79 Å². The first-order valence-electron chi connectivity index (χ1n) is 9.38. The Morgan fingerprint density at radius 2 is 1.88 bits per heavy atom. The van der Waals surface area contributed by atoms with Crippen LogP contribution in [0.5, 0.6) is 0 Å². The average molecular weight is 352 g/mol. The lowest BCUT2D eigenvalue weighted by Gasteiger charge is -2.37. The van der Waals surface area contributed by atoms with Crippen LogP contribution < -0.4 is 10.2 Å². The van der Waals surface area contributed by atoms with E-state index in [0.717, 1.165) is 39.1 Å². The van der Waals surface area contributed by atoms with Gasteiger partial charge in [-0.25, -0.2) is 0 Å². The monoisotopic (exact) mass is 352 g/mol. The van der Waals surface area contributed by atoms with Crippen LogP contribution in [0.1, 0.15) is 28.0 Å².